The minimum absolute atomic E-state index is 0. The third-order valence-corrected chi connectivity index (χ3v) is 4.67. The van der Waals surface area contributed by atoms with Gasteiger partial charge in [-0.3, -0.25) is 9.48 Å². The van der Waals surface area contributed by atoms with Crippen LogP contribution in [0.4, 0.5) is 0 Å². The molecule has 0 spiro atoms. The zero-order chi connectivity index (χ0) is 19.1. The second-order valence-corrected chi connectivity index (χ2v) is 7.31. The second kappa shape index (κ2) is 11.0. The first-order valence-corrected chi connectivity index (χ1v) is 9.78. The summed E-state index contributed by atoms with van der Waals surface area (Å²) in [7, 11) is 0. The van der Waals surface area contributed by atoms with Gasteiger partial charge >= 0.3 is 0 Å². The minimum atomic E-state index is -0.139. The van der Waals surface area contributed by atoms with Crippen LogP contribution in [0.5, 0.6) is 0 Å². The summed E-state index contributed by atoms with van der Waals surface area (Å²) in [5, 5.41) is 11.1. The van der Waals surface area contributed by atoms with Crippen molar-refractivity contribution in [2.24, 2.45) is 15.7 Å². The number of aromatic amines is 1. The molecule has 9 nitrogen and oxygen atoms in total. The van der Waals surface area contributed by atoms with Gasteiger partial charge < -0.3 is 16.0 Å². The Kier molecular flexibility index (Phi) is 8.65. The van der Waals surface area contributed by atoms with E-state index < -0.39 is 0 Å². The van der Waals surface area contributed by atoms with Gasteiger partial charge in [0.25, 0.3) is 5.91 Å². The molecule has 0 fully saturated rings. The highest BCUT2D eigenvalue weighted by molar-refractivity contribution is 9.10. The highest BCUT2D eigenvalue weighted by Crippen LogP contribution is 2.11. The number of carbonyl (C=O) groups excluding carboxylic acids is 1. The highest BCUT2D eigenvalue weighted by Gasteiger charge is 2.10. The number of nitrogens with zero attached hydrogens (tertiary/aromatic N) is 5. The van der Waals surface area contributed by atoms with Crippen molar-refractivity contribution in [3.05, 3.63) is 34.3 Å². The van der Waals surface area contributed by atoms with Crippen molar-refractivity contribution >= 4 is 46.4 Å². The summed E-state index contributed by atoms with van der Waals surface area (Å²) in [6.45, 7) is 1.08. The standard InChI is InChI=1S/C17H23BrN8O.ClH/c18-12-8-15(21-9-12)16(27)20-6-7-26-11-14(24-25-26)5-3-1-2-4-13-10-22-17(19)23-13;/h8-11,13,21H,1-7H2,(H2,19,23)(H,20,27);1H. The van der Waals surface area contributed by atoms with E-state index in [0.717, 1.165) is 42.3 Å². The number of nitrogens with two attached hydrogens (primary N) is 1. The fraction of sp³-hybridized carbons (Fsp3) is 0.471. The number of aryl methyl sites for hydroxylation is 1. The number of unbranched alkanes of at least 4 members (excludes halogenated alkanes) is 2. The number of hydrogen-bond acceptors (Lipinski definition) is 6. The molecule has 2 aromatic heterocycles. The largest absolute Gasteiger partial charge is 0.368 e. The third kappa shape index (κ3) is 6.75. The predicted octanol–water partition coefficient (Wildman–Crippen LogP) is 2.09. The van der Waals surface area contributed by atoms with Crippen LogP contribution < -0.4 is 11.1 Å². The lowest BCUT2D eigenvalue weighted by Crippen LogP contribution is -2.27. The Hall–Kier alpha value is -2.20. The van der Waals surface area contributed by atoms with Crippen molar-refractivity contribution in [2.45, 2.75) is 44.7 Å². The average molecular weight is 472 g/mol. The first-order chi connectivity index (χ1) is 13.1. The van der Waals surface area contributed by atoms with Crippen molar-refractivity contribution in [3.63, 3.8) is 0 Å². The summed E-state index contributed by atoms with van der Waals surface area (Å²) in [6, 6.07) is 1.89. The van der Waals surface area contributed by atoms with E-state index in [1.165, 1.54) is 0 Å². The van der Waals surface area contributed by atoms with Gasteiger partial charge in [0.2, 0.25) is 5.96 Å². The van der Waals surface area contributed by atoms with Crippen LogP contribution in [-0.4, -0.2) is 50.6 Å². The Morgan fingerprint density at radius 1 is 1.36 bits per heavy atom. The zero-order valence-electron chi connectivity index (χ0n) is 15.3. The summed E-state index contributed by atoms with van der Waals surface area (Å²) in [5.74, 6) is 0.244. The molecule has 0 saturated carbocycles. The van der Waals surface area contributed by atoms with E-state index in [1.54, 1.807) is 16.9 Å². The summed E-state index contributed by atoms with van der Waals surface area (Å²) in [4.78, 5) is 23.0. The normalized spacial score (nSPS) is 15.3. The monoisotopic (exact) mass is 470 g/mol. The lowest BCUT2D eigenvalue weighted by molar-refractivity contribution is 0.0947. The van der Waals surface area contributed by atoms with Gasteiger partial charge in [0.15, 0.2) is 0 Å². The summed E-state index contributed by atoms with van der Waals surface area (Å²) < 4.78 is 2.61. The fourth-order valence-electron chi connectivity index (χ4n) is 2.82. The number of hydrogen-bond donors (Lipinski definition) is 3. The van der Waals surface area contributed by atoms with Gasteiger partial charge in [-0.15, -0.1) is 17.5 Å². The number of rotatable bonds is 10. The number of aliphatic imine (C=N–C) groups is 2. The number of aromatic nitrogens is 4. The second-order valence-electron chi connectivity index (χ2n) is 6.39. The van der Waals surface area contributed by atoms with E-state index in [-0.39, 0.29) is 24.4 Å². The molecule has 1 aliphatic heterocycles. The third-order valence-electron chi connectivity index (χ3n) is 4.21. The number of amides is 1. The lowest BCUT2D eigenvalue weighted by Gasteiger charge is -2.03. The molecule has 1 amide bonds. The molecule has 28 heavy (non-hydrogen) atoms. The zero-order valence-corrected chi connectivity index (χ0v) is 17.7. The molecule has 0 radical (unpaired) electrons. The maximum atomic E-state index is 11.9. The van der Waals surface area contributed by atoms with Crippen molar-refractivity contribution in [2.75, 3.05) is 6.54 Å². The molecule has 0 saturated heterocycles. The van der Waals surface area contributed by atoms with Crippen LogP contribution in [0.15, 0.2) is 32.9 Å². The number of guanidine groups is 1. The summed E-state index contributed by atoms with van der Waals surface area (Å²) in [5.41, 5.74) is 7.02. The van der Waals surface area contributed by atoms with E-state index in [4.69, 9.17) is 5.73 Å². The molecule has 3 rings (SSSR count). The van der Waals surface area contributed by atoms with Crippen LogP contribution in [0.2, 0.25) is 0 Å². The molecule has 3 heterocycles. The number of halogens is 2. The van der Waals surface area contributed by atoms with Gasteiger partial charge in [0.1, 0.15) is 5.69 Å². The van der Waals surface area contributed by atoms with Gasteiger partial charge in [-0.2, -0.15) is 0 Å². The van der Waals surface area contributed by atoms with Gasteiger partial charge in [0.05, 0.1) is 18.3 Å². The van der Waals surface area contributed by atoms with E-state index in [1.807, 2.05) is 12.4 Å². The molecule has 2 aromatic rings. The molecule has 1 aliphatic rings. The SMILES string of the molecule is Cl.NC1=NC(CCCCCc2cn(CCNC(=O)c3cc(Br)c[nH]3)nn2)C=N1. The van der Waals surface area contributed by atoms with Crippen LogP contribution in [0.25, 0.3) is 0 Å². The van der Waals surface area contributed by atoms with Gasteiger partial charge in [-0.1, -0.05) is 18.1 Å². The molecule has 11 heteroatoms. The lowest BCUT2D eigenvalue weighted by atomic mass is 10.1. The maximum absolute atomic E-state index is 11.9. The Labute approximate surface area is 177 Å². The molecule has 4 N–H and O–H groups in total. The quantitative estimate of drug-likeness (QED) is 0.459. The van der Waals surface area contributed by atoms with Crippen molar-refractivity contribution < 1.29 is 4.79 Å². The van der Waals surface area contributed by atoms with Crippen LogP contribution in [0, 0.1) is 0 Å². The average Bonchev–Trinajstić information content (AvgIpc) is 3.37. The fourth-order valence-corrected chi connectivity index (χ4v) is 3.16. The van der Waals surface area contributed by atoms with E-state index in [0.29, 0.717) is 24.7 Å². The van der Waals surface area contributed by atoms with Crippen molar-refractivity contribution in [1.29, 1.82) is 0 Å². The molecular formula is C17H24BrClN8O. The number of nitrogens with one attached hydrogen (secondary N) is 2. The van der Waals surface area contributed by atoms with Gasteiger partial charge in [0, 0.05) is 29.6 Å². The van der Waals surface area contributed by atoms with Gasteiger partial charge in [-0.05, 0) is 41.3 Å². The summed E-state index contributed by atoms with van der Waals surface area (Å²) >= 11 is 3.31. The van der Waals surface area contributed by atoms with Crippen LogP contribution >= 0.6 is 28.3 Å². The van der Waals surface area contributed by atoms with Crippen molar-refractivity contribution in [1.82, 2.24) is 25.3 Å². The Morgan fingerprint density at radius 3 is 2.93 bits per heavy atom. The van der Waals surface area contributed by atoms with E-state index in [9.17, 15) is 4.79 Å². The Morgan fingerprint density at radius 2 is 2.21 bits per heavy atom. The molecule has 0 aliphatic carbocycles. The first-order valence-electron chi connectivity index (χ1n) is 8.99. The smallest absolute Gasteiger partial charge is 0.267 e. The molecule has 1 unspecified atom stereocenters. The first kappa shape index (κ1) is 22.1. The van der Waals surface area contributed by atoms with Gasteiger partial charge in [-0.25, -0.2) is 9.98 Å². The Balaban J connectivity index is 0.00000280. The number of H-pyrrole nitrogens is 1. The topological polar surface area (TPSA) is 126 Å². The molecule has 0 aromatic carbocycles. The van der Waals surface area contributed by atoms with E-state index >= 15 is 0 Å². The maximum Gasteiger partial charge on any atom is 0.267 e. The van der Waals surface area contributed by atoms with Crippen molar-refractivity contribution in [3.8, 4) is 0 Å². The molecular weight excluding hydrogens is 448 g/mol. The highest BCUT2D eigenvalue weighted by atomic mass is 79.9. The minimum Gasteiger partial charge on any atom is -0.368 e. The molecule has 152 valence electrons. The van der Waals surface area contributed by atoms with Crippen LogP contribution in [-0.2, 0) is 13.0 Å². The number of carbonyl (C=O) groups is 1. The molecule has 1 atom stereocenters. The van der Waals surface area contributed by atoms with E-state index in [2.05, 4.69) is 46.5 Å². The Bertz CT molecular complexity index is 831. The van der Waals surface area contributed by atoms with Crippen LogP contribution in [0.3, 0.4) is 0 Å². The molecule has 0 bridgehead atoms. The summed E-state index contributed by atoms with van der Waals surface area (Å²) in [6.07, 6.45) is 10.6. The van der Waals surface area contributed by atoms with Crippen LogP contribution in [0.1, 0.15) is 41.9 Å². The predicted molar refractivity (Wildman–Crippen MR) is 114 cm³/mol.